The van der Waals surface area contributed by atoms with Crippen LogP contribution in [-0.2, 0) is 31.4 Å². The molecule has 0 saturated heterocycles. The number of benzene rings is 2. The van der Waals surface area contributed by atoms with Crippen LogP contribution < -0.4 is 5.32 Å². The minimum Gasteiger partial charge on any atom is -0.463 e. The lowest BCUT2D eigenvalue weighted by atomic mass is 9.98. The second-order valence-electron chi connectivity index (χ2n) is 9.77. The maximum absolute atomic E-state index is 13.5. The molecule has 1 aliphatic heterocycles. The van der Waals surface area contributed by atoms with Gasteiger partial charge < -0.3 is 20.1 Å². The third kappa shape index (κ3) is 11.7. The summed E-state index contributed by atoms with van der Waals surface area (Å²) in [6.45, 7) is 0.528. The number of carbonyl (C=O) groups is 3. The van der Waals surface area contributed by atoms with Gasteiger partial charge in [0.25, 0.3) is 0 Å². The number of allylic oxidation sites excluding steroid dienone is 2. The maximum Gasteiger partial charge on any atom is 0.305 e. The van der Waals surface area contributed by atoms with Gasteiger partial charge >= 0.3 is 5.97 Å². The first kappa shape index (κ1) is 30.4. The predicted octanol–water partition coefficient (Wildman–Crippen LogP) is 4.50. The van der Waals surface area contributed by atoms with Crippen molar-refractivity contribution in [3.8, 4) is 0 Å². The SMILES string of the molecule is O=C1CCCCC=CCC(CC(=O)N(CCO)Cc2ccccc2)C(=O)NC(CSCc2ccccc2)CO1. The molecule has 8 heteroatoms. The van der Waals surface area contributed by atoms with E-state index in [0.717, 1.165) is 30.6 Å². The number of carbonyl (C=O) groups excluding carboxylic acids is 3. The summed E-state index contributed by atoms with van der Waals surface area (Å²) < 4.78 is 5.52. The van der Waals surface area contributed by atoms with E-state index in [4.69, 9.17) is 4.74 Å². The molecular weight excluding hydrogens is 512 g/mol. The largest absolute Gasteiger partial charge is 0.463 e. The predicted molar refractivity (Wildman–Crippen MR) is 155 cm³/mol. The fourth-order valence-electron chi connectivity index (χ4n) is 4.36. The van der Waals surface area contributed by atoms with Gasteiger partial charge in [0.1, 0.15) is 6.61 Å². The number of aliphatic hydroxyl groups excluding tert-OH is 1. The van der Waals surface area contributed by atoms with E-state index in [-0.39, 0.29) is 50.0 Å². The molecule has 3 rings (SSSR count). The van der Waals surface area contributed by atoms with Crippen LogP contribution in [0.4, 0.5) is 0 Å². The summed E-state index contributed by atoms with van der Waals surface area (Å²) in [6, 6.07) is 19.3. The summed E-state index contributed by atoms with van der Waals surface area (Å²) in [4.78, 5) is 40.6. The second-order valence-corrected chi connectivity index (χ2v) is 10.8. The molecule has 1 aliphatic rings. The van der Waals surface area contributed by atoms with E-state index in [1.54, 1.807) is 16.7 Å². The summed E-state index contributed by atoms with van der Waals surface area (Å²) in [5.74, 6) is 0.136. The van der Waals surface area contributed by atoms with Gasteiger partial charge in [0.15, 0.2) is 0 Å². The Bertz CT molecular complexity index is 1050. The molecule has 0 fully saturated rings. The van der Waals surface area contributed by atoms with E-state index in [1.807, 2.05) is 60.7 Å². The fraction of sp³-hybridized carbons (Fsp3) is 0.452. The fourth-order valence-corrected chi connectivity index (χ4v) is 5.37. The number of cyclic esters (lactones) is 1. The van der Waals surface area contributed by atoms with Gasteiger partial charge in [0.2, 0.25) is 11.8 Å². The van der Waals surface area contributed by atoms with Crippen LogP contribution in [0.5, 0.6) is 0 Å². The quantitative estimate of drug-likeness (QED) is 0.333. The first-order valence-corrected chi connectivity index (χ1v) is 14.9. The van der Waals surface area contributed by atoms with E-state index in [2.05, 4.69) is 17.4 Å². The van der Waals surface area contributed by atoms with Crippen LogP contribution in [-0.4, -0.2) is 59.3 Å². The second kappa shape index (κ2) is 17.5. The number of ether oxygens (including phenoxy) is 1. The molecule has 39 heavy (non-hydrogen) atoms. The molecule has 0 bridgehead atoms. The van der Waals surface area contributed by atoms with Crippen molar-refractivity contribution in [2.45, 2.75) is 56.9 Å². The van der Waals surface area contributed by atoms with E-state index in [9.17, 15) is 19.5 Å². The lowest BCUT2D eigenvalue weighted by Gasteiger charge is -2.26. The van der Waals surface area contributed by atoms with Crippen molar-refractivity contribution in [3.63, 3.8) is 0 Å². The van der Waals surface area contributed by atoms with Gasteiger partial charge in [0.05, 0.1) is 18.6 Å². The molecule has 1 heterocycles. The smallest absolute Gasteiger partial charge is 0.305 e. The minimum absolute atomic E-state index is 0.0344. The van der Waals surface area contributed by atoms with Crippen molar-refractivity contribution in [2.75, 3.05) is 25.5 Å². The highest BCUT2D eigenvalue weighted by Gasteiger charge is 2.26. The van der Waals surface area contributed by atoms with Crippen LogP contribution in [0.2, 0.25) is 0 Å². The standard InChI is InChI=1S/C31H40N2O5S/c34-19-18-33(21-25-12-6-4-7-13-25)29(35)20-27-16-10-2-1-3-11-17-30(36)38-22-28(32-31(27)37)24-39-23-26-14-8-5-9-15-26/h2,4-10,12-15,27-28,34H,1,3,11,16-24H2,(H,32,37). The van der Waals surface area contributed by atoms with Crippen LogP contribution in [0.15, 0.2) is 72.8 Å². The highest BCUT2D eigenvalue weighted by molar-refractivity contribution is 7.98. The van der Waals surface area contributed by atoms with Gasteiger partial charge in [-0.05, 0) is 36.8 Å². The molecule has 0 aromatic heterocycles. The third-order valence-electron chi connectivity index (χ3n) is 6.54. The van der Waals surface area contributed by atoms with Crippen LogP contribution in [0, 0.1) is 5.92 Å². The zero-order valence-electron chi connectivity index (χ0n) is 22.5. The van der Waals surface area contributed by atoms with Gasteiger partial charge in [-0.1, -0.05) is 72.8 Å². The molecule has 0 saturated carbocycles. The molecule has 0 radical (unpaired) electrons. The van der Waals surface area contributed by atoms with Crippen molar-refractivity contribution in [2.24, 2.45) is 5.92 Å². The number of nitrogens with zero attached hydrogens (tertiary/aromatic N) is 1. The molecule has 210 valence electrons. The average molecular weight is 553 g/mol. The topological polar surface area (TPSA) is 95.9 Å². The number of amides is 2. The zero-order valence-corrected chi connectivity index (χ0v) is 23.3. The normalized spacial score (nSPS) is 19.0. The monoisotopic (exact) mass is 552 g/mol. The Hall–Kier alpha value is -3.10. The molecule has 0 spiro atoms. The number of hydrogen-bond acceptors (Lipinski definition) is 6. The third-order valence-corrected chi connectivity index (χ3v) is 7.72. The molecule has 7 nitrogen and oxygen atoms in total. The zero-order chi connectivity index (χ0) is 27.7. The van der Waals surface area contributed by atoms with Crippen LogP contribution in [0.25, 0.3) is 0 Å². The summed E-state index contributed by atoms with van der Waals surface area (Å²) in [6.07, 6.45) is 7.24. The average Bonchev–Trinajstić information content (AvgIpc) is 2.95. The molecule has 2 aromatic rings. The highest BCUT2D eigenvalue weighted by Crippen LogP contribution is 2.18. The lowest BCUT2D eigenvalue weighted by Crippen LogP contribution is -2.45. The first-order valence-electron chi connectivity index (χ1n) is 13.7. The highest BCUT2D eigenvalue weighted by atomic mass is 32.2. The number of hydrogen-bond donors (Lipinski definition) is 2. The van der Waals surface area contributed by atoms with E-state index < -0.39 is 5.92 Å². The summed E-state index contributed by atoms with van der Waals surface area (Å²) in [7, 11) is 0. The van der Waals surface area contributed by atoms with Gasteiger partial charge in [-0.3, -0.25) is 14.4 Å². The summed E-state index contributed by atoms with van der Waals surface area (Å²) in [5.41, 5.74) is 2.15. The Morgan fingerprint density at radius 2 is 1.72 bits per heavy atom. The molecule has 2 unspecified atom stereocenters. The Morgan fingerprint density at radius 3 is 2.44 bits per heavy atom. The van der Waals surface area contributed by atoms with Crippen molar-refractivity contribution in [3.05, 3.63) is 83.9 Å². The summed E-state index contributed by atoms with van der Waals surface area (Å²) in [5, 5.41) is 12.6. The Morgan fingerprint density at radius 1 is 1.00 bits per heavy atom. The number of nitrogens with one attached hydrogen (secondary N) is 1. The number of aliphatic hydroxyl groups is 1. The van der Waals surface area contributed by atoms with Crippen LogP contribution in [0.1, 0.15) is 49.7 Å². The molecule has 0 aliphatic carbocycles. The van der Waals surface area contributed by atoms with Crippen molar-refractivity contribution < 1.29 is 24.2 Å². The van der Waals surface area contributed by atoms with Crippen molar-refractivity contribution in [1.82, 2.24) is 10.2 Å². The molecule has 2 N–H and O–H groups in total. The Labute approximate surface area is 236 Å². The van der Waals surface area contributed by atoms with Crippen molar-refractivity contribution in [1.29, 1.82) is 0 Å². The number of rotatable bonds is 10. The molecular formula is C31H40N2O5S. The first-order chi connectivity index (χ1) is 19.0. The van der Waals surface area contributed by atoms with Crippen LogP contribution >= 0.6 is 11.8 Å². The Kier molecular flexibility index (Phi) is 13.6. The van der Waals surface area contributed by atoms with E-state index >= 15 is 0 Å². The van der Waals surface area contributed by atoms with Crippen LogP contribution in [0.3, 0.4) is 0 Å². The lowest BCUT2D eigenvalue weighted by molar-refractivity contribution is -0.145. The van der Waals surface area contributed by atoms with Gasteiger partial charge in [-0.15, -0.1) is 0 Å². The molecule has 2 aromatic carbocycles. The minimum atomic E-state index is -0.564. The van der Waals surface area contributed by atoms with E-state index in [0.29, 0.717) is 25.1 Å². The van der Waals surface area contributed by atoms with Crippen molar-refractivity contribution >= 4 is 29.5 Å². The van der Waals surface area contributed by atoms with Gasteiger partial charge in [-0.2, -0.15) is 11.8 Å². The van der Waals surface area contributed by atoms with Gasteiger partial charge in [-0.25, -0.2) is 0 Å². The molecule has 2 atom stereocenters. The van der Waals surface area contributed by atoms with Gasteiger partial charge in [0, 0.05) is 37.4 Å². The Balaban J connectivity index is 1.69. The van der Waals surface area contributed by atoms with E-state index in [1.165, 1.54) is 5.56 Å². The number of esters is 1. The molecule has 2 amide bonds. The summed E-state index contributed by atoms with van der Waals surface area (Å²) >= 11 is 1.67. The maximum atomic E-state index is 13.5. The number of thioether (sulfide) groups is 1.